The number of carbonyl (C=O) groups is 1. The Morgan fingerprint density at radius 2 is 1.81 bits per heavy atom. The third-order valence-electron chi connectivity index (χ3n) is 1.42. The van der Waals surface area contributed by atoms with Gasteiger partial charge >= 0.3 is 10.1 Å². The average Bonchev–Trinajstić information content (AvgIpc) is 2.14. The molecule has 8 heteroatoms. The third kappa shape index (κ3) is 4.33. The van der Waals surface area contributed by atoms with Gasteiger partial charge in [-0.1, -0.05) is 34.8 Å². The van der Waals surface area contributed by atoms with Gasteiger partial charge in [0.2, 0.25) is 0 Å². The van der Waals surface area contributed by atoms with Crippen molar-refractivity contribution in [1.29, 1.82) is 0 Å². The lowest BCUT2D eigenvalue weighted by molar-refractivity contribution is 0.232. The van der Waals surface area contributed by atoms with E-state index in [9.17, 15) is 13.6 Å². The van der Waals surface area contributed by atoms with Gasteiger partial charge in [-0.05, 0) is 24.3 Å². The van der Waals surface area contributed by atoms with Gasteiger partial charge < -0.3 is 0 Å². The van der Waals surface area contributed by atoms with Gasteiger partial charge in [-0.15, -0.1) is 4.39 Å². The first-order valence-corrected chi connectivity index (χ1v) is 5.71. The highest BCUT2D eigenvalue weighted by molar-refractivity contribution is 8.04. The van der Waals surface area contributed by atoms with Crippen molar-refractivity contribution in [2.45, 2.75) is 3.92 Å². The number of rotatable bonds is 3. The lowest BCUT2D eigenvalue weighted by Crippen LogP contribution is -2.22. The van der Waals surface area contributed by atoms with Gasteiger partial charge in [0.15, 0.2) is 0 Å². The molecule has 88 valence electrons. The molecule has 0 unspecified atom stereocenters. The van der Waals surface area contributed by atoms with Crippen LogP contribution >= 0.6 is 46.8 Å². The maximum Gasteiger partial charge on any atom is 0.415 e. The van der Waals surface area contributed by atoms with Crippen LogP contribution in [-0.4, -0.2) is 10.1 Å². The Hall–Kier alpha value is -0.230. The second-order valence-electron chi connectivity index (χ2n) is 2.56. The summed E-state index contributed by atoms with van der Waals surface area (Å²) in [5.74, 6) is 0. The van der Waals surface area contributed by atoms with Crippen molar-refractivity contribution in [2.75, 3.05) is 4.31 Å². The van der Waals surface area contributed by atoms with Crippen molar-refractivity contribution >= 4 is 58.6 Å². The summed E-state index contributed by atoms with van der Waals surface area (Å²) in [6.45, 7) is 0. The highest BCUT2D eigenvalue weighted by Gasteiger charge is 2.31. The van der Waals surface area contributed by atoms with E-state index >= 15 is 0 Å². The molecular formula is C8H4Cl3F2NOS. The molecule has 0 aliphatic rings. The van der Waals surface area contributed by atoms with E-state index in [0.717, 1.165) is 0 Å². The molecule has 0 spiro atoms. The van der Waals surface area contributed by atoms with Gasteiger partial charge in [0.1, 0.15) is 0 Å². The fourth-order valence-corrected chi connectivity index (χ4v) is 1.92. The van der Waals surface area contributed by atoms with E-state index in [0.29, 0.717) is 9.33 Å². The van der Waals surface area contributed by atoms with Crippen molar-refractivity contribution in [3.05, 3.63) is 29.3 Å². The molecule has 0 radical (unpaired) electrons. The van der Waals surface area contributed by atoms with Crippen molar-refractivity contribution in [3.63, 3.8) is 0 Å². The van der Waals surface area contributed by atoms with E-state index in [2.05, 4.69) is 0 Å². The number of anilines is 1. The smallest absolute Gasteiger partial charge is 0.233 e. The topological polar surface area (TPSA) is 20.3 Å². The van der Waals surface area contributed by atoms with E-state index in [1.807, 2.05) is 0 Å². The quantitative estimate of drug-likeness (QED) is 0.341. The van der Waals surface area contributed by atoms with Gasteiger partial charge in [0.25, 0.3) is 0 Å². The fraction of sp³-hybridized carbons (Fsp3) is 0.125. The number of hydrogen-bond donors (Lipinski definition) is 0. The molecule has 0 bridgehead atoms. The molecule has 1 amide bonds. The van der Waals surface area contributed by atoms with Crippen LogP contribution < -0.4 is 4.31 Å². The summed E-state index contributed by atoms with van der Waals surface area (Å²) < 4.78 is 23.1. The molecular weight excluding hydrogens is 303 g/mol. The van der Waals surface area contributed by atoms with E-state index in [4.69, 9.17) is 34.8 Å². The highest BCUT2D eigenvalue weighted by atomic mass is 35.5. The van der Waals surface area contributed by atoms with Gasteiger partial charge in [0.05, 0.1) is 5.69 Å². The Kier molecular flexibility index (Phi) is 4.67. The van der Waals surface area contributed by atoms with Gasteiger partial charge in [0, 0.05) is 17.0 Å². The van der Waals surface area contributed by atoms with Crippen LogP contribution in [0.25, 0.3) is 0 Å². The number of amides is 1. The second kappa shape index (κ2) is 5.40. The normalized spacial score (nSPS) is 11.3. The van der Waals surface area contributed by atoms with Crippen molar-refractivity contribution < 1.29 is 13.6 Å². The fourth-order valence-electron chi connectivity index (χ4n) is 0.870. The maximum atomic E-state index is 12.9. The Morgan fingerprint density at radius 3 is 2.19 bits per heavy atom. The first-order valence-electron chi connectivity index (χ1n) is 3.80. The molecule has 1 rings (SSSR count). The minimum absolute atomic E-state index is 0.00118. The molecule has 0 fully saturated rings. The molecule has 0 aliphatic heterocycles. The van der Waals surface area contributed by atoms with Crippen molar-refractivity contribution in [1.82, 2.24) is 0 Å². The van der Waals surface area contributed by atoms with Crippen LogP contribution in [0.1, 0.15) is 0 Å². The highest BCUT2D eigenvalue weighted by Crippen LogP contribution is 2.41. The van der Waals surface area contributed by atoms with Crippen LogP contribution in [0.5, 0.6) is 0 Å². The Balaban J connectivity index is 2.94. The third-order valence-corrected chi connectivity index (χ3v) is 2.83. The van der Waals surface area contributed by atoms with E-state index in [1.54, 1.807) is 0 Å². The first kappa shape index (κ1) is 13.8. The number of halogens is 5. The number of carbonyl (C=O) groups excluding carboxylic acids is 1. The first-order chi connectivity index (χ1) is 7.29. The predicted molar refractivity (Wildman–Crippen MR) is 63.6 cm³/mol. The van der Waals surface area contributed by atoms with Gasteiger partial charge in [-0.25, -0.2) is 9.10 Å². The summed E-state index contributed by atoms with van der Waals surface area (Å²) in [6.07, 6.45) is -1.89. The molecule has 1 aromatic carbocycles. The minimum Gasteiger partial charge on any atom is -0.233 e. The molecule has 0 aliphatic carbocycles. The predicted octanol–water partition coefficient (Wildman–Crippen LogP) is 4.94. The lowest BCUT2D eigenvalue weighted by atomic mass is 10.3. The van der Waals surface area contributed by atoms with Crippen LogP contribution in [0, 0.1) is 0 Å². The number of nitrogens with zero attached hydrogens (tertiary/aromatic N) is 1. The number of benzene rings is 1. The molecule has 0 atom stereocenters. The van der Waals surface area contributed by atoms with Crippen LogP contribution in [0.3, 0.4) is 0 Å². The maximum absolute atomic E-state index is 12.9. The Morgan fingerprint density at radius 1 is 1.31 bits per heavy atom. The molecule has 0 saturated carbocycles. The van der Waals surface area contributed by atoms with Crippen LogP contribution in [0.2, 0.25) is 5.02 Å². The molecule has 2 nitrogen and oxygen atoms in total. The molecule has 0 heterocycles. The average molecular weight is 307 g/mol. The summed E-state index contributed by atoms with van der Waals surface area (Å²) in [6, 6.07) is 5.48. The number of hydrogen-bond acceptors (Lipinski definition) is 2. The molecule has 0 saturated heterocycles. The van der Waals surface area contributed by atoms with Crippen LogP contribution in [0.4, 0.5) is 19.3 Å². The van der Waals surface area contributed by atoms with Crippen LogP contribution in [0.15, 0.2) is 24.3 Å². The number of alkyl halides is 3. The molecule has 0 N–H and O–H groups in total. The second-order valence-corrected chi connectivity index (χ2v) is 5.79. The summed E-state index contributed by atoms with van der Waals surface area (Å²) in [7, 11) is 0. The summed E-state index contributed by atoms with van der Waals surface area (Å²) in [5, 5.41) is 0.392. The van der Waals surface area contributed by atoms with Crippen LogP contribution in [-0.2, 0) is 0 Å². The standard InChI is InChI=1S/C8H4Cl3F2NOS/c9-5-1-3-6(4-2-5)14(7(12)15)16-8(10,11)13/h1-4H. The minimum atomic E-state index is -2.80. The van der Waals surface area contributed by atoms with Crippen molar-refractivity contribution in [3.8, 4) is 0 Å². The van der Waals surface area contributed by atoms with E-state index in [1.165, 1.54) is 24.3 Å². The Bertz CT molecular complexity index is 382. The largest absolute Gasteiger partial charge is 0.415 e. The Labute approximate surface area is 110 Å². The summed E-state index contributed by atoms with van der Waals surface area (Å²) in [4.78, 5) is 10.6. The van der Waals surface area contributed by atoms with E-state index < -0.39 is 10.1 Å². The monoisotopic (exact) mass is 305 g/mol. The van der Waals surface area contributed by atoms with Crippen molar-refractivity contribution in [2.24, 2.45) is 0 Å². The zero-order valence-corrected chi connectivity index (χ0v) is 10.5. The lowest BCUT2D eigenvalue weighted by Gasteiger charge is -2.20. The summed E-state index contributed by atoms with van der Waals surface area (Å²) >= 11 is 15.7. The molecule has 1 aromatic rings. The molecule has 0 aromatic heterocycles. The zero-order valence-electron chi connectivity index (χ0n) is 7.46. The molecule has 16 heavy (non-hydrogen) atoms. The summed E-state index contributed by atoms with van der Waals surface area (Å²) in [5.41, 5.74) is 0.0743. The SMILES string of the molecule is O=C(F)N(SC(F)(Cl)Cl)c1ccc(Cl)cc1. The van der Waals surface area contributed by atoms with Gasteiger partial charge in [-0.2, -0.15) is 4.39 Å². The van der Waals surface area contributed by atoms with E-state index in [-0.39, 0.29) is 17.6 Å². The van der Waals surface area contributed by atoms with Gasteiger partial charge in [-0.3, -0.25) is 0 Å². The zero-order chi connectivity index (χ0) is 12.3.